The summed E-state index contributed by atoms with van der Waals surface area (Å²) in [6.07, 6.45) is 3.40. The Balaban J connectivity index is 1.68. The van der Waals surface area contributed by atoms with E-state index in [-0.39, 0.29) is 24.2 Å². The maximum Gasteiger partial charge on any atom is 0.163 e. The van der Waals surface area contributed by atoms with Gasteiger partial charge in [0, 0.05) is 5.92 Å². The molecular weight excluding hydrogens is 208 g/mol. The van der Waals surface area contributed by atoms with E-state index in [0.717, 1.165) is 19.1 Å². The van der Waals surface area contributed by atoms with E-state index in [0.29, 0.717) is 5.92 Å². The van der Waals surface area contributed by atoms with Crippen LogP contribution < -0.4 is 0 Å². The highest BCUT2D eigenvalue weighted by molar-refractivity contribution is 5.70. The number of carbonyl (C=O) groups excluding carboxylic acids is 1. The molecule has 2 heterocycles. The highest BCUT2D eigenvalue weighted by Crippen LogP contribution is 2.63. The van der Waals surface area contributed by atoms with Crippen LogP contribution >= 0.6 is 0 Å². The predicted octanol–water partition coefficient (Wildman–Crippen LogP) is 0.883. The van der Waals surface area contributed by atoms with Gasteiger partial charge in [-0.1, -0.05) is 0 Å². The van der Waals surface area contributed by atoms with Crippen molar-refractivity contribution in [3.63, 3.8) is 0 Å². The third-order valence-corrected chi connectivity index (χ3v) is 4.63. The van der Waals surface area contributed by atoms with E-state index < -0.39 is 11.4 Å². The van der Waals surface area contributed by atoms with Crippen LogP contribution in [-0.4, -0.2) is 36.0 Å². The van der Waals surface area contributed by atoms with Crippen LogP contribution in [0.1, 0.15) is 26.7 Å². The smallest absolute Gasteiger partial charge is 0.163 e. The Labute approximate surface area is 94.2 Å². The number of hydrogen-bond acceptors (Lipinski definition) is 4. The second kappa shape index (κ2) is 2.52. The highest BCUT2D eigenvalue weighted by atomic mass is 16.8. The Morgan fingerprint density at radius 3 is 2.75 bits per heavy atom. The molecule has 0 aromatic heterocycles. The molecule has 88 valence electrons. The van der Waals surface area contributed by atoms with Gasteiger partial charge in [0.1, 0.15) is 0 Å². The summed E-state index contributed by atoms with van der Waals surface area (Å²) in [6.45, 7) is 3.88. The van der Waals surface area contributed by atoms with Gasteiger partial charge in [-0.2, -0.15) is 0 Å². The number of fused-ring (bicyclic) bond motifs is 5. The van der Waals surface area contributed by atoms with Gasteiger partial charge in [-0.05, 0) is 32.6 Å². The summed E-state index contributed by atoms with van der Waals surface area (Å²) in [5, 5.41) is 0. The van der Waals surface area contributed by atoms with Gasteiger partial charge >= 0.3 is 0 Å². The molecule has 0 amide bonds. The van der Waals surface area contributed by atoms with Gasteiger partial charge in [-0.15, -0.1) is 0 Å². The molecule has 0 N–H and O–H groups in total. The molecular formula is C12H16O4. The van der Waals surface area contributed by atoms with Gasteiger partial charge < -0.3 is 19.0 Å². The van der Waals surface area contributed by atoms with Crippen molar-refractivity contribution >= 4 is 6.29 Å². The largest absolute Gasteiger partial charge is 0.358 e. The third-order valence-electron chi connectivity index (χ3n) is 4.63. The topological polar surface area (TPSA) is 48.1 Å². The van der Waals surface area contributed by atoms with Crippen molar-refractivity contribution in [1.82, 2.24) is 0 Å². The molecule has 2 aliphatic heterocycles. The maximum absolute atomic E-state index is 11.2. The molecule has 0 aromatic carbocycles. The summed E-state index contributed by atoms with van der Waals surface area (Å²) in [7, 11) is 0. The van der Waals surface area contributed by atoms with Crippen LogP contribution in [0.4, 0.5) is 0 Å². The molecule has 4 fully saturated rings. The number of carbonyl (C=O) groups is 1. The van der Waals surface area contributed by atoms with Gasteiger partial charge in [0.15, 0.2) is 17.7 Å². The molecule has 2 aliphatic carbocycles. The molecule has 0 radical (unpaired) electrons. The fourth-order valence-electron chi connectivity index (χ4n) is 4.13. The zero-order chi connectivity index (χ0) is 11.1. The average Bonchev–Trinajstić information content (AvgIpc) is 2.48. The second-order valence-electron chi connectivity index (χ2n) is 5.97. The summed E-state index contributed by atoms with van der Waals surface area (Å²) in [4.78, 5) is 11.2. The van der Waals surface area contributed by atoms with Crippen molar-refractivity contribution in [3.8, 4) is 0 Å². The molecule has 4 heteroatoms. The van der Waals surface area contributed by atoms with Crippen LogP contribution in [0.2, 0.25) is 0 Å². The normalized spacial score (nSPS) is 60.2. The van der Waals surface area contributed by atoms with Crippen molar-refractivity contribution in [2.45, 2.75) is 56.4 Å². The lowest BCUT2D eigenvalue weighted by molar-refractivity contribution is -0.164. The van der Waals surface area contributed by atoms with Gasteiger partial charge in [-0.25, -0.2) is 0 Å². The van der Waals surface area contributed by atoms with Crippen molar-refractivity contribution in [3.05, 3.63) is 0 Å². The Morgan fingerprint density at radius 1 is 1.19 bits per heavy atom. The Bertz CT molecular complexity index is 366. The quantitative estimate of drug-likeness (QED) is 0.490. The molecule has 0 bridgehead atoms. The van der Waals surface area contributed by atoms with E-state index >= 15 is 0 Å². The highest BCUT2D eigenvalue weighted by Gasteiger charge is 2.75. The lowest BCUT2D eigenvalue weighted by Gasteiger charge is -2.25. The lowest BCUT2D eigenvalue weighted by atomic mass is 9.89. The van der Waals surface area contributed by atoms with E-state index in [1.54, 1.807) is 0 Å². The first-order valence-corrected chi connectivity index (χ1v) is 6.05. The van der Waals surface area contributed by atoms with Gasteiger partial charge in [0.2, 0.25) is 0 Å². The molecule has 0 unspecified atom stereocenters. The number of rotatable bonds is 1. The zero-order valence-electron chi connectivity index (χ0n) is 9.51. The number of epoxide rings is 1. The molecule has 16 heavy (non-hydrogen) atoms. The molecule has 2 saturated carbocycles. The molecule has 4 aliphatic rings. The Morgan fingerprint density at radius 2 is 2.00 bits per heavy atom. The van der Waals surface area contributed by atoms with Crippen LogP contribution in [0, 0.1) is 11.8 Å². The average molecular weight is 224 g/mol. The minimum Gasteiger partial charge on any atom is -0.358 e. The first kappa shape index (κ1) is 9.57. The zero-order valence-corrected chi connectivity index (χ0v) is 9.51. The van der Waals surface area contributed by atoms with Crippen LogP contribution in [-0.2, 0) is 19.0 Å². The minimum atomic E-state index is -0.520. The SMILES string of the molecule is CC1(C)O[C@H]2[C@H]3[C@H](C[C@@H]4O[C@]34C=O)C[C@H]2O1. The molecule has 0 aromatic rings. The Hall–Kier alpha value is -0.450. The lowest BCUT2D eigenvalue weighted by Crippen LogP contribution is -2.37. The first-order valence-electron chi connectivity index (χ1n) is 6.05. The summed E-state index contributed by atoms with van der Waals surface area (Å²) >= 11 is 0. The van der Waals surface area contributed by atoms with Gasteiger partial charge in [0.05, 0.1) is 18.3 Å². The predicted molar refractivity (Wildman–Crippen MR) is 53.7 cm³/mol. The number of ether oxygens (including phenoxy) is 3. The van der Waals surface area contributed by atoms with E-state index in [4.69, 9.17) is 14.2 Å². The Kier molecular flexibility index (Phi) is 1.51. The minimum absolute atomic E-state index is 0.0534. The molecule has 4 rings (SSSR count). The fourth-order valence-corrected chi connectivity index (χ4v) is 4.13. The summed E-state index contributed by atoms with van der Waals surface area (Å²) < 4.78 is 17.4. The fraction of sp³-hybridized carbons (Fsp3) is 0.917. The van der Waals surface area contributed by atoms with E-state index in [2.05, 4.69) is 0 Å². The number of aldehydes is 1. The van der Waals surface area contributed by atoms with E-state index in [9.17, 15) is 4.79 Å². The standard InChI is InChI=1S/C12H16O4/c1-11(2)14-7-3-6-4-8-12(5-13,15-8)9(6)10(7)16-11/h5-10H,3-4H2,1-2H3/t6-,7+,8-,9+,10+,12-/m0/s1. The van der Waals surface area contributed by atoms with E-state index in [1.807, 2.05) is 13.8 Å². The molecule has 0 spiro atoms. The van der Waals surface area contributed by atoms with Crippen LogP contribution in [0.3, 0.4) is 0 Å². The maximum atomic E-state index is 11.2. The molecule has 4 nitrogen and oxygen atoms in total. The van der Waals surface area contributed by atoms with Gasteiger partial charge in [0.25, 0.3) is 0 Å². The molecule has 2 saturated heterocycles. The third kappa shape index (κ3) is 0.944. The van der Waals surface area contributed by atoms with E-state index in [1.165, 1.54) is 0 Å². The van der Waals surface area contributed by atoms with Gasteiger partial charge in [-0.3, -0.25) is 0 Å². The monoisotopic (exact) mass is 224 g/mol. The van der Waals surface area contributed by atoms with Crippen molar-refractivity contribution in [2.24, 2.45) is 11.8 Å². The summed E-state index contributed by atoms with van der Waals surface area (Å²) in [6, 6.07) is 0. The van der Waals surface area contributed by atoms with Crippen LogP contribution in [0.5, 0.6) is 0 Å². The van der Waals surface area contributed by atoms with Crippen molar-refractivity contribution < 1.29 is 19.0 Å². The second-order valence-corrected chi connectivity index (χ2v) is 5.97. The van der Waals surface area contributed by atoms with Crippen molar-refractivity contribution in [2.75, 3.05) is 0 Å². The van der Waals surface area contributed by atoms with Crippen LogP contribution in [0.25, 0.3) is 0 Å². The van der Waals surface area contributed by atoms with Crippen molar-refractivity contribution in [1.29, 1.82) is 0 Å². The first-order chi connectivity index (χ1) is 7.56. The molecule has 6 atom stereocenters. The number of hydrogen-bond donors (Lipinski definition) is 0. The summed E-state index contributed by atoms with van der Waals surface area (Å²) in [5.41, 5.74) is -0.520. The summed E-state index contributed by atoms with van der Waals surface area (Å²) in [5.74, 6) is 0.272. The van der Waals surface area contributed by atoms with Crippen LogP contribution in [0.15, 0.2) is 0 Å².